The van der Waals surface area contributed by atoms with E-state index in [9.17, 15) is 5.11 Å². The van der Waals surface area contributed by atoms with Crippen LogP contribution in [0.25, 0.3) is 5.78 Å². The molecule has 0 saturated heterocycles. The van der Waals surface area contributed by atoms with Crippen molar-refractivity contribution in [1.29, 1.82) is 0 Å². The monoisotopic (exact) mass is 354 g/mol. The van der Waals surface area contributed by atoms with Crippen LogP contribution in [0.3, 0.4) is 0 Å². The van der Waals surface area contributed by atoms with E-state index >= 15 is 0 Å². The molecule has 23 heavy (non-hydrogen) atoms. The third-order valence-corrected chi connectivity index (χ3v) is 5.67. The number of fused-ring (bicyclic) bond motifs is 1. The Morgan fingerprint density at radius 1 is 1.04 bits per heavy atom. The molecule has 0 fully saturated rings. The fourth-order valence-electron chi connectivity index (χ4n) is 2.29. The van der Waals surface area contributed by atoms with Gasteiger partial charge in [0.25, 0.3) is 5.78 Å². The van der Waals surface area contributed by atoms with Gasteiger partial charge < -0.3 is 5.11 Å². The molecule has 1 N–H and O–H groups in total. The van der Waals surface area contributed by atoms with Crippen LogP contribution in [0, 0.1) is 6.92 Å². The lowest BCUT2D eigenvalue weighted by Crippen LogP contribution is -1.93. The van der Waals surface area contributed by atoms with Gasteiger partial charge in [-0.1, -0.05) is 50.8 Å². The highest BCUT2D eigenvalue weighted by molar-refractivity contribution is 8.02. The van der Waals surface area contributed by atoms with E-state index in [1.807, 2.05) is 18.7 Å². The number of rotatable bonds is 11. The summed E-state index contributed by atoms with van der Waals surface area (Å²) in [5.41, 5.74) is 0.744. The minimum absolute atomic E-state index is 0.0873. The zero-order valence-electron chi connectivity index (χ0n) is 14.0. The molecule has 0 aliphatic carbocycles. The van der Waals surface area contributed by atoms with E-state index in [0.717, 1.165) is 17.2 Å². The van der Waals surface area contributed by atoms with Crippen molar-refractivity contribution in [2.45, 2.75) is 57.5 Å². The molecule has 0 atom stereocenters. The molecule has 0 aromatic carbocycles. The summed E-state index contributed by atoms with van der Waals surface area (Å²) >= 11 is 3.62. The summed E-state index contributed by atoms with van der Waals surface area (Å²) < 4.78 is 1.39. The predicted octanol–water partition coefficient (Wildman–Crippen LogP) is 4.32. The molecule has 0 aliphatic rings. The molecule has 2 aromatic heterocycles. The molecule has 0 unspecified atom stereocenters. The van der Waals surface area contributed by atoms with Crippen molar-refractivity contribution in [3.05, 3.63) is 11.8 Å². The summed E-state index contributed by atoms with van der Waals surface area (Å²) in [5, 5.41) is 14.8. The molecular weight excluding hydrogens is 328 g/mol. The van der Waals surface area contributed by atoms with E-state index in [0.29, 0.717) is 10.9 Å². The number of nitrogens with zero attached hydrogens (tertiary/aromatic N) is 4. The molecule has 128 valence electrons. The van der Waals surface area contributed by atoms with Gasteiger partial charge in [0, 0.05) is 23.3 Å². The van der Waals surface area contributed by atoms with Gasteiger partial charge in [0.1, 0.15) is 0 Å². The highest BCUT2D eigenvalue weighted by Gasteiger charge is 2.09. The average molecular weight is 355 g/mol. The van der Waals surface area contributed by atoms with Gasteiger partial charge in [-0.15, -0.1) is 5.10 Å². The van der Waals surface area contributed by atoms with Gasteiger partial charge in [-0.3, -0.25) is 0 Å². The first-order valence-electron chi connectivity index (χ1n) is 8.34. The summed E-state index contributed by atoms with van der Waals surface area (Å²) in [4.78, 5) is 8.61. The molecule has 2 heterocycles. The number of hydrogen-bond donors (Lipinski definition) is 1. The lowest BCUT2D eigenvalue weighted by atomic mass is 10.1. The molecule has 0 radical (unpaired) electrons. The topological polar surface area (TPSA) is 63.3 Å². The van der Waals surface area contributed by atoms with Gasteiger partial charge in [0.05, 0.1) is 0 Å². The third kappa shape index (κ3) is 6.22. The maximum atomic E-state index is 9.82. The second kappa shape index (κ2) is 10.0. The Morgan fingerprint density at radius 2 is 1.83 bits per heavy atom. The van der Waals surface area contributed by atoms with Crippen molar-refractivity contribution in [2.24, 2.45) is 0 Å². The molecule has 0 aliphatic heterocycles. The molecule has 2 rings (SSSR count). The van der Waals surface area contributed by atoms with Gasteiger partial charge in [-0.2, -0.15) is 21.3 Å². The number of aromatic nitrogens is 4. The van der Waals surface area contributed by atoms with E-state index in [2.05, 4.69) is 22.0 Å². The number of aryl methyl sites for hydroxylation is 1. The van der Waals surface area contributed by atoms with E-state index in [-0.39, 0.29) is 5.88 Å². The second-order valence-corrected chi connectivity index (χ2v) is 7.88. The Kier molecular flexibility index (Phi) is 8.02. The molecule has 2 aromatic rings. The van der Waals surface area contributed by atoms with Crippen molar-refractivity contribution in [1.82, 2.24) is 19.6 Å². The van der Waals surface area contributed by atoms with Crippen LogP contribution in [0.4, 0.5) is 0 Å². The number of aromatic hydroxyl groups is 1. The van der Waals surface area contributed by atoms with E-state index < -0.39 is 0 Å². The molecule has 0 saturated carbocycles. The van der Waals surface area contributed by atoms with Crippen molar-refractivity contribution >= 4 is 29.3 Å². The van der Waals surface area contributed by atoms with E-state index in [1.54, 1.807) is 17.8 Å². The summed E-state index contributed by atoms with van der Waals surface area (Å²) in [6, 6.07) is 1.59. The standard InChI is InChI=1S/C16H26N4OS2/c1-3-4-5-6-7-8-9-22-10-11-23-16-18-15-17-13(2)12-14(21)20(15)19-16/h12,21H,3-11H2,1-2H3. The highest BCUT2D eigenvalue weighted by Crippen LogP contribution is 2.19. The Hall–Kier alpha value is -0.950. The van der Waals surface area contributed by atoms with Crippen LogP contribution in [0.5, 0.6) is 5.88 Å². The normalized spacial score (nSPS) is 11.4. The molecule has 0 bridgehead atoms. The van der Waals surface area contributed by atoms with E-state index in [1.165, 1.54) is 48.8 Å². The van der Waals surface area contributed by atoms with Crippen molar-refractivity contribution in [3.8, 4) is 5.88 Å². The Morgan fingerprint density at radius 3 is 2.65 bits per heavy atom. The van der Waals surface area contributed by atoms with Crippen LogP contribution in [0.15, 0.2) is 11.2 Å². The van der Waals surface area contributed by atoms with Crippen molar-refractivity contribution in [3.63, 3.8) is 0 Å². The van der Waals surface area contributed by atoms with Gasteiger partial charge in [0.15, 0.2) is 0 Å². The fraction of sp³-hybridized carbons (Fsp3) is 0.688. The van der Waals surface area contributed by atoms with Crippen molar-refractivity contribution < 1.29 is 5.11 Å². The second-order valence-electron chi connectivity index (χ2n) is 5.59. The molecular formula is C16H26N4OS2. The SMILES string of the molecule is CCCCCCCCSCCSc1nc2nc(C)cc(O)n2n1. The minimum atomic E-state index is 0.0873. The van der Waals surface area contributed by atoms with Crippen LogP contribution in [-0.4, -0.2) is 41.9 Å². The first-order chi connectivity index (χ1) is 11.2. The van der Waals surface area contributed by atoms with E-state index in [4.69, 9.17) is 0 Å². The summed E-state index contributed by atoms with van der Waals surface area (Å²) in [6.07, 6.45) is 8.14. The molecule has 5 nitrogen and oxygen atoms in total. The van der Waals surface area contributed by atoms with Crippen LogP contribution in [0.1, 0.15) is 51.1 Å². The fourth-order valence-corrected chi connectivity index (χ4v) is 4.17. The van der Waals surface area contributed by atoms with Gasteiger partial charge in [0.2, 0.25) is 11.0 Å². The maximum Gasteiger partial charge on any atom is 0.256 e. The third-order valence-electron chi connectivity index (χ3n) is 3.50. The van der Waals surface area contributed by atoms with Crippen LogP contribution in [-0.2, 0) is 0 Å². The van der Waals surface area contributed by atoms with Crippen LogP contribution < -0.4 is 0 Å². The number of unbranched alkanes of at least 4 members (excludes halogenated alkanes) is 5. The maximum absolute atomic E-state index is 9.82. The summed E-state index contributed by atoms with van der Waals surface area (Å²) in [6.45, 7) is 4.09. The first kappa shape index (κ1) is 18.4. The molecule has 7 heteroatoms. The van der Waals surface area contributed by atoms with Crippen molar-refractivity contribution in [2.75, 3.05) is 17.3 Å². The predicted molar refractivity (Wildman–Crippen MR) is 98.6 cm³/mol. The lowest BCUT2D eigenvalue weighted by Gasteiger charge is -2.01. The largest absolute Gasteiger partial charge is 0.493 e. The zero-order chi connectivity index (χ0) is 16.5. The van der Waals surface area contributed by atoms with Crippen LogP contribution in [0.2, 0.25) is 0 Å². The lowest BCUT2D eigenvalue weighted by molar-refractivity contribution is 0.433. The van der Waals surface area contributed by atoms with Crippen LogP contribution >= 0.6 is 23.5 Å². The van der Waals surface area contributed by atoms with Gasteiger partial charge >= 0.3 is 0 Å². The quantitative estimate of drug-likeness (QED) is 0.479. The number of thioether (sulfide) groups is 2. The number of hydrogen-bond acceptors (Lipinski definition) is 6. The molecule has 0 spiro atoms. The Labute approximate surface area is 146 Å². The first-order valence-corrected chi connectivity index (χ1v) is 10.5. The summed E-state index contributed by atoms with van der Waals surface area (Å²) in [7, 11) is 0. The average Bonchev–Trinajstić information content (AvgIpc) is 2.92. The van der Waals surface area contributed by atoms with Gasteiger partial charge in [-0.05, 0) is 19.1 Å². The molecule has 0 amide bonds. The minimum Gasteiger partial charge on any atom is -0.493 e. The zero-order valence-corrected chi connectivity index (χ0v) is 15.6. The Balaban J connectivity index is 1.61. The Bertz CT molecular complexity index is 603. The smallest absolute Gasteiger partial charge is 0.256 e. The summed E-state index contributed by atoms with van der Waals surface area (Å²) in [5.74, 6) is 3.88. The van der Waals surface area contributed by atoms with Gasteiger partial charge in [-0.25, -0.2) is 4.98 Å². The highest BCUT2D eigenvalue weighted by atomic mass is 32.2.